The number of sulfonamides is 2. The minimum absolute atomic E-state index is 0.0761. The topological polar surface area (TPSA) is 92.3 Å². The molecule has 0 aliphatic carbocycles. The molecule has 2 N–H and O–H groups in total. The maximum Gasteiger partial charge on any atom is 0.261 e. The molecule has 0 aliphatic heterocycles. The molecule has 0 atom stereocenters. The molecular weight excluding hydrogens is 444 g/mol. The van der Waals surface area contributed by atoms with Crippen molar-refractivity contribution in [1.29, 1.82) is 0 Å². The van der Waals surface area contributed by atoms with Crippen LogP contribution in [0.4, 0.5) is 11.4 Å². The van der Waals surface area contributed by atoms with Crippen LogP contribution in [0.1, 0.15) is 11.1 Å². The van der Waals surface area contributed by atoms with Crippen molar-refractivity contribution >= 4 is 49.1 Å². The second-order valence-electron chi connectivity index (χ2n) is 6.45. The summed E-state index contributed by atoms with van der Waals surface area (Å²) >= 11 is 5.82. The van der Waals surface area contributed by atoms with E-state index in [2.05, 4.69) is 9.44 Å². The van der Waals surface area contributed by atoms with Gasteiger partial charge in [-0.05, 0) is 60.5 Å². The number of nitrogens with one attached hydrogen (secondary N) is 2. The highest BCUT2D eigenvalue weighted by Gasteiger charge is 2.17. The lowest BCUT2D eigenvalue weighted by Gasteiger charge is -2.12. The van der Waals surface area contributed by atoms with E-state index in [0.717, 1.165) is 11.0 Å². The van der Waals surface area contributed by atoms with E-state index in [1.54, 1.807) is 43.3 Å². The van der Waals surface area contributed by atoms with Crippen molar-refractivity contribution in [3.8, 4) is 0 Å². The van der Waals surface area contributed by atoms with Crippen LogP contribution in [0.5, 0.6) is 0 Å². The van der Waals surface area contributed by atoms with Gasteiger partial charge in [0.1, 0.15) is 0 Å². The third-order valence-corrected chi connectivity index (χ3v) is 6.74. The molecule has 0 radical (unpaired) electrons. The number of benzene rings is 3. The van der Waals surface area contributed by atoms with E-state index in [0.29, 0.717) is 16.3 Å². The van der Waals surface area contributed by atoms with Gasteiger partial charge in [0.2, 0.25) is 0 Å². The van der Waals surface area contributed by atoms with Gasteiger partial charge in [0.05, 0.1) is 16.0 Å². The van der Waals surface area contributed by atoms with Gasteiger partial charge in [0.25, 0.3) is 20.0 Å². The number of aryl methyl sites for hydroxylation is 1. The van der Waals surface area contributed by atoms with E-state index in [1.165, 1.54) is 36.4 Å². The van der Waals surface area contributed by atoms with Crippen molar-refractivity contribution in [1.82, 2.24) is 0 Å². The summed E-state index contributed by atoms with van der Waals surface area (Å²) < 4.78 is 55.1. The molecule has 6 nitrogen and oxygen atoms in total. The van der Waals surface area contributed by atoms with E-state index >= 15 is 0 Å². The molecule has 0 aromatic heterocycles. The summed E-state index contributed by atoms with van der Waals surface area (Å²) in [5.74, 6) is 0. The maximum atomic E-state index is 12.7. The van der Waals surface area contributed by atoms with E-state index in [9.17, 15) is 16.8 Å². The fourth-order valence-corrected chi connectivity index (χ4v) is 4.67. The lowest BCUT2D eigenvalue weighted by Crippen LogP contribution is -2.15. The Kier molecular flexibility index (Phi) is 6.50. The highest BCUT2D eigenvalue weighted by atomic mass is 35.5. The van der Waals surface area contributed by atoms with Gasteiger partial charge in [-0.15, -0.1) is 0 Å². The first-order chi connectivity index (χ1) is 14.1. The monoisotopic (exact) mass is 462 g/mol. The van der Waals surface area contributed by atoms with Gasteiger partial charge in [-0.2, -0.15) is 0 Å². The van der Waals surface area contributed by atoms with Crippen molar-refractivity contribution in [2.45, 2.75) is 11.8 Å². The Morgan fingerprint density at radius 3 is 2.17 bits per heavy atom. The zero-order chi connectivity index (χ0) is 21.8. The largest absolute Gasteiger partial charge is 0.280 e. The highest BCUT2D eigenvalue weighted by Crippen LogP contribution is 2.24. The summed E-state index contributed by atoms with van der Waals surface area (Å²) in [7, 11) is -7.76. The van der Waals surface area contributed by atoms with Gasteiger partial charge in [-0.3, -0.25) is 9.44 Å². The predicted molar refractivity (Wildman–Crippen MR) is 121 cm³/mol. The minimum atomic E-state index is -3.92. The van der Waals surface area contributed by atoms with E-state index in [1.807, 2.05) is 6.07 Å². The lowest BCUT2D eigenvalue weighted by atomic mass is 10.2. The molecule has 0 saturated heterocycles. The van der Waals surface area contributed by atoms with Crippen molar-refractivity contribution in [2.24, 2.45) is 0 Å². The molecule has 3 rings (SSSR count). The second-order valence-corrected chi connectivity index (χ2v) is 10.1. The van der Waals surface area contributed by atoms with Crippen LogP contribution >= 0.6 is 11.6 Å². The van der Waals surface area contributed by atoms with Crippen LogP contribution < -0.4 is 9.44 Å². The zero-order valence-corrected chi connectivity index (χ0v) is 18.3. The average Bonchev–Trinajstić information content (AvgIpc) is 2.70. The summed E-state index contributed by atoms with van der Waals surface area (Å²) in [4.78, 5) is -0.0761. The van der Waals surface area contributed by atoms with E-state index in [-0.39, 0.29) is 10.6 Å². The van der Waals surface area contributed by atoms with Crippen LogP contribution in [-0.4, -0.2) is 16.8 Å². The Labute approximate surface area is 181 Å². The van der Waals surface area contributed by atoms with Crippen molar-refractivity contribution in [3.05, 3.63) is 94.4 Å². The van der Waals surface area contributed by atoms with Gasteiger partial charge < -0.3 is 0 Å². The molecular formula is C21H19ClN2O4S2. The Morgan fingerprint density at radius 1 is 0.833 bits per heavy atom. The second kappa shape index (κ2) is 8.91. The first kappa shape index (κ1) is 21.9. The van der Waals surface area contributed by atoms with Gasteiger partial charge in [0, 0.05) is 10.7 Å². The van der Waals surface area contributed by atoms with Crippen molar-refractivity contribution in [2.75, 3.05) is 9.44 Å². The average molecular weight is 463 g/mol. The summed E-state index contributed by atoms with van der Waals surface area (Å²) in [6, 6.07) is 19.4. The normalized spacial score (nSPS) is 12.1. The molecule has 0 bridgehead atoms. The smallest absolute Gasteiger partial charge is 0.261 e. The molecule has 156 valence electrons. The van der Waals surface area contributed by atoms with E-state index in [4.69, 9.17) is 11.6 Å². The number of hydrogen-bond acceptors (Lipinski definition) is 4. The van der Waals surface area contributed by atoms with Crippen LogP contribution in [0.15, 0.2) is 83.1 Å². The fraction of sp³-hybridized carbons (Fsp3) is 0.0476. The Balaban J connectivity index is 1.84. The summed E-state index contributed by atoms with van der Waals surface area (Å²) in [5, 5.41) is 1.52. The lowest BCUT2D eigenvalue weighted by molar-refractivity contribution is 0.600. The van der Waals surface area contributed by atoms with Crippen molar-refractivity contribution in [3.63, 3.8) is 0 Å². The molecule has 30 heavy (non-hydrogen) atoms. The maximum absolute atomic E-state index is 12.7. The molecule has 0 saturated carbocycles. The predicted octanol–water partition coefficient (Wildman–Crippen LogP) is 4.86. The van der Waals surface area contributed by atoms with Crippen molar-refractivity contribution < 1.29 is 16.8 Å². The molecule has 0 aliphatic rings. The minimum Gasteiger partial charge on any atom is -0.280 e. The Morgan fingerprint density at radius 2 is 1.50 bits per heavy atom. The quantitative estimate of drug-likeness (QED) is 0.524. The third kappa shape index (κ3) is 5.85. The first-order valence-corrected chi connectivity index (χ1v) is 12.2. The van der Waals surface area contributed by atoms with Crippen LogP contribution in [0.25, 0.3) is 6.08 Å². The number of rotatable bonds is 7. The third-order valence-electron chi connectivity index (χ3n) is 4.11. The van der Waals surface area contributed by atoms with Crippen LogP contribution in [0, 0.1) is 6.92 Å². The zero-order valence-electron chi connectivity index (χ0n) is 15.9. The van der Waals surface area contributed by atoms with Gasteiger partial charge in [0.15, 0.2) is 0 Å². The molecule has 3 aromatic carbocycles. The highest BCUT2D eigenvalue weighted by molar-refractivity contribution is 7.95. The Hall–Kier alpha value is -2.81. The first-order valence-electron chi connectivity index (χ1n) is 8.80. The molecule has 0 amide bonds. The number of hydrogen-bond donors (Lipinski definition) is 2. The van der Waals surface area contributed by atoms with Crippen LogP contribution in [0.2, 0.25) is 5.02 Å². The van der Waals surface area contributed by atoms with Gasteiger partial charge in [-0.25, -0.2) is 16.8 Å². The van der Waals surface area contributed by atoms with Crippen LogP contribution in [-0.2, 0) is 20.0 Å². The summed E-state index contributed by atoms with van der Waals surface area (Å²) in [6.45, 7) is 1.68. The van der Waals surface area contributed by atoms with E-state index < -0.39 is 20.0 Å². The molecule has 0 heterocycles. The number of halogens is 1. The summed E-state index contributed by atoms with van der Waals surface area (Å²) in [5.41, 5.74) is 1.82. The van der Waals surface area contributed by atoms with Gasteiger partial charge >= 0.3 is 0 Å². The molecule has 0 fully saturated rings. The Bertz CT molecular complexity index is 1270. The molecule has 9 heteroatoms. The van der Waals surface area contributed by atoms with Crippen LogP contribution in [0.3, 0.4) is 0 Å². The molecule has 0 spiro atoms. The SMILES string of the molecule is Cc1ccc(S(=O)(=O)Nc2ccc(Cl)cc2)cc1NS(=O)(=O)/C=C/c1ccccc1. The fourth-order valence-electron chi connectivity index (χ4n) is 2.53. The summed E-state index contributed by atoms with van der Waals surface area (Å²) in [6.07, 6.45) is 1.46. The molecule has 3 aromatic rings. The molecule has 0 unspecified atom stereocenters. The standard InChI is InChI=1S/C21H19ClN2O4S2/c1-16-7-12-20(30(27,28)23-19-10-8-18(22)9-11-19)15-21(16)24-29(25,26)14-13-17-5-3-2-4-6-17/h2-15,23-24H,1H3/b14-13+. The van der Waals surface area contributed by atoms with Gasteiger partial charge in [-0.1, -0.05) is 48.0 Å². The number of anilines is 2.